The van der Waals surface area contributed by atoms with E-state index in [1.807, 2.05) is 18.2 Å². The van der Waals surface area contributed by atoms with E-state index >= 15 is 0 Å². The van der Waals surface area contributed by atoms with Crippen LogP contribution in [-0.4, -0.2) is 15.5 Å². The molecule has 0 radical (unpaired) electrons. The summed E-state index contributed by atoms with van der Waals surface area (Å²) in [5.74, 6) is 0.210. The SMILES string of the molecule is CC(=O)Nc1ccc(/C=C2/CCn3c2nc2cc(C(F)(F)F)ccc2c3=O)cc1. The van der Waals surface area contributed by atoms with Crippen molar-refractivity contribution >= 4 is 34.1 Å². The number of nitrogens with one attached hydrogen (secondary N) is 1. The number of fused-ring (bicyclic) bond motifs is 2. The zero-order chi connectivity index (χ0) is 20.8. The molecule has 1 aliphatic rings. The molecule has 1 aliphatic heterocycles. The van der Waals surface area contributed by atoms with Gasteiger partial charge in [0.05, 0.1) is 16.5 Å². The van der Waals surface area contributed by atoms with Crippen LogP contribution in [0.2, 0.25) is 0 Å². The van der Waals surface area contributed by atoms with Crippen LogP contribution in [0.4, 0.5) is 18.9 Å². The van der Waals surface area contributed by atoms with Crippen LogP contribution in [0.1, 0.15) is 30.3 Å². The van der Waals surface area contributed by atoms with E-state index in [0.29, 0.717) is 24.5 Å². The first-order valence-electron chi connectivity index (χ1n) is 8.93. The second-order valence-corrected chi connectivity index (χ2v) is 6.84. The molecule has 1 aromatic heterocycles. The van der Waals surface area contributed by atoms with Crippen molar-refractivity contribution in [1.29, 1.82) is 0 Å². The Bertz CT molecular complexity index is 1210. The Hall–Kier alpha value is -3.42. The second-order valence-electron chi connectivity index (χ2n) is 6.84. The number of nitrogens with zero attached hydrogens (tertiary/aromatic N) is 2. The molecule has 1 N–H and O–H groups in total. The van der Waals surface area contributed by atoms with Crippen LogP contribution in [0.3, 0.4) is 0 Å². The highest BCUT2D eigenvalue weighted by Gasteiger charge is 2.31. The fourth-order valence-corrected chi connectivity index (χ4v) is 3.40. The van der Waals surface area contributed by atoms with Crippen LogP contribution in [0, 0.1) is 0 Å². The van der Waals surface area contributed by atoms with Gasteiger partial charge in [0.15, 0.2) is 0 Å². The lowest BCUT2D eigenvalue weighted by Gasteiger charge is -2.09. The van der Waals surface area contributed by atoms with Gasteiger partial charge in [0, 0.05) is 19.2 Å². The van der Waals surface area contributed by atoms with Gasteiger partial charge in [-0.15, -0.1) is 0 Å². The van der Waals surface area contributed by atoms with Gasteiger partial charge in [-0.3, -0.25) is 14.2 Å². The number of benzene rings is 2. The normalized spacial score (nSPS) is 15.0. The molecule has 148 valence electrons. The third-order valence-corrected chi connectivity index (χ3v) is 4.75. The predicted octanol–water partition coefficient (Wildman–Crippen LogP) is 4.32. The van der Waals surface area contributed by atoms with Crippen molar-refractivity contribution in [2.45, 2.75) is 26.1 Å². The number of allylic oxidation sites excluding steroid dienone is 1. The Balaban J connectivity index is 1.76. The van der Waals surface area contributed by atoms with Gasteiger partial charge in [0.1, 0.15) is 5.82 Å². The van der Waals surface area contributed by atoms with Crippen molar-refractivity contribution < 1.29 is 18.0 Å². The average molecular weight is 399 g/mol. The largest absolute Gasteiger partial charge is 0.416 e. The molecule has 0 unspecified atom stereocenters. The molecular formula is C21H16F3N3O2. The summed E-state index contributed by atoms with van der Waals surface area (Å²) in [6.07, 6.45) is -2.10. The number of aromatic nitrogens is 2. The summed E-state index contributed by atoms with van der Waals surface area (Å²) in [6.45, 7) is 1.84. The van der Waals surface area contributed by atoms with Gasteiger partial charge < -0.3 is 5.32 Å². The first-order valence-corrected chi connectivity index (χ1v) is 8.93. The lowest BCUT2D eigenvalue weighted by molar-refractivity contribution is -0.137. The van der Waals surface area contributed by atoms with Crippen LogP contribution in [0.5, 0.6) is 0 Å². The van der Waals surface area contributed by atoms with Gasteiger partial charge in [-0.05, 0) is 54.0 Å². The number of hydrogen-bond acceptors (Lipinski definition) is 3. The number of halogens is 3. The monoisotopic (exact) mass is 399 g/mol. The summed E-state index contributed by atoms with van der Waals surface area (Å²) >= 11 is 0. The zero-order valence-corrected chi connectivity index (χ0v) is 15.4. The van der Waals surface area contributed by atoms with E-state index in [9.17, 15) is 22.8 Å². The highest BCUT2D eigenvalue weighted by Crippen LogP contribution is 2.32. The fourth-order valence-electron chi connectivity index (χ4n) is 3.40. The molecule has 2 heterocycles. The first kappa shape index (κ1) is 18.9. The van der Waals surface area contributed by atoms with E-state index in [4.69, 9.17) is 0 Å². The van der Waals surface area contributed by atoms with Gasteiger partial charge in [-0.1, -0.05) is 12.1 Å². The number of alkyl halides is 3. The lowest BCUT2D eigenvalue weighted by Crippen LogP contribution is -2.21. The Labute approximate surface area is 163 Å². The minimum Gasteiger partial charge on any atom is -0.326 e. The third-order valence-electron chi connectivity index (χ3n) is 4.75. The Morgan fingerprint density at radius 3 is 2.55 bits per heavy atom. The summed E-state index contributed by atoms with van der Waals surface area (Å²) in [7, 11) is 0. The molecule has 0 saturated heterocycles. The molecule has 1 amide bonds. The maximum atomic E-state index is 13.0. The van der Waals surface area contributed by atoms with E-state index in [1.165, 1.54) is 17.6 Å². The topological polar surface area (TPSA) is 64.0 Å². The summed E-state index contributed by atoms with van der Waals surface area (Å²) in [6, 6.07) is 10.1. The zero-order valence-electron chi connectivity index (χ0n) is 15.4. The maximum Gasteiger partial charge on any atom is 0.416 e. The fraction of sp³-hybridized carbons (Fsp3) is 0.190. The summed E-state index contributed by atoms with van der Waals surface area (Å²) in [5, 5.41) is 2.85. The number of anilines is 1. The molecule has 5 nitrogen and oxygen atoms in total. The van der Waals surface area contributed by atoms with Crippen molar-refractivity contribution in [3.05, 3.63) is 69.8 Å². The summed E-state index contributed by atoms with van der Waals surface area (Å²) in [4.78, 5) is 28.2. The molecule has 8 heteroatoms. The minimum absolute atomic E-state index is 0.0323. The number of amides is 1. The molecule has 0 atom stereocenters. The van der Waals surface area contributed by atoms with E-state index < -0.39 is 11.7 Å². The smallest absolute Gasteiger partial charge is 0.326 e. The molecule has 0 aliphatic carbocycles. The molecule has 29 heavy (non-hydrogen) atoms. The van der Waals surface area contributed by atoms with Crippen molar-refractivity contribution in [2.75, 3.05) is 5.32 Å². The molecule has 0 saturated carbocycles. The number of carbonyl (C=O) groups excluding carboxylic acids is 1. The Kier molecular flexibility index (Phi) is 4.49. The maximum absolute atomic E-state index is 13.0. The number of hydrogen-bond donors (Lipinski definition) is 1. The van der Waals surface area contributed by atoms with Crippen molar-refractivity contribution in [2.24, 2.45) is 0 Å². The first-order chi connectivity index (χ1) is 13.7. The predicted molar refractivity (Wildman–Crippen MR) is 104 cm³/mol. The lowest BCUT2D eigenvalue weighted by atomic mass is 10.1. The number of rotatable bonds is 2. The van der Waals surface area contributed by atoms with E-state index in [2.05, 4.69) is 10.3 Å². The van der Waals surface area contributed by atoms with Crippen molar-refractivity contribution in [3.63, 3.8) is 0 Å². The molecular weight excluding hydrogens is 383 g/mol. The van der Waals surface area contributed by atoms with Crippen LogP contribution in [-0.2, 0) is 17.5 Å². The minimum atomic E-state index is -4.50. The van der Waals surface area contributed by atoms with Gasteiger partial charge in [0.25, 0.3) is 5.56 Å². The quantitative estimate of drug-likeness (QED) is 0.698. The van der Waals surface area contributed by atoms with Crippen LogP contribution in [0.15, 0.2) is 47.3 Å². The third kappa shape index (κ3) is 3.65. The Morgan fingerprint density at radius 2 is 1.90 bits per heavy atom. The highest BCUT2D eigenvalue weighted by molar-refractivity contribution is 5.89. The van der Waals surface area contributed by atoms with Gasteiger partial charge in [-0.25, -0.2) is 4.98 Å². The van der Waals surface area contributed by atoms with Crippen molar-refractivity contribution in [1.82, 2.24) is 9.55 Å². The van der Waals surface area contributed by atoms with Crippen LogP contribution in [0.25, 0.3) is 22.6 Å². The van der Waals surface area contributed by atoms with Crippen LogP contribution < -0.4 is 10.9 Å². The highest BCUT2D eigenvalue weighted by atomic mass is 19.4. The summed E-state index contributed by atoms with van der Waals surface area (Å²) < 4.78 is 40.5. The van der Waals surface area contributed by atoms with Gasteiger partial charge in [0.2, 0.25) is 5.91 Å². The molecule has 0 fully saturated rings. The molecule has 3 aromatic rings. The van der Waals surface area contributed by atoms with E-state index in [-0.39, 0.29) is 22.4 Å². The van der Waals surface area contributed by atoms with Crippen molar-refractivity contribution in [3.8, 4) is 0 Å². The second kappa shape index (κ2) is 6.88. The van der Waals surface area contributed by atoms with Gasteiger partial charge >= 0.3 is 6.18 Å². The van der Waals surface area contributed by atoms with Crippen LogP contribution >= 0.6 is 0 Å². The van der Waals surface area contributed by atoms with E-state index in [0.717, 1.165) is 23.3 Å². The number of carbonyl (C=O) groups is 1. The Morgan fingerprint density at radius 1 is 1.17 bits per heavy atom. The average Bonchev–Trinajstić information content (AvgIpc) is 3.05. The van der Waals surface area contributed by atoms with E-state index in [1.54, 1.807) is 12.1 Å². The summed E-state index contributed by atoms with van der Waals surface area (Å²) in [5.41, 5.74) is 1.12. The molecule has 2 aromatic carbocycles. The van der Waals surface area contributed by atoms with Gasteiger partial charge in [-0.2, -0.15) is 13.2 Å². The molecule has 4 rings (SSSR count). The standard InChI is InChI=1S/C21H16F3N3O2/c1-12(28)25-16-5-2-13(3-6-16)10-14-8-9-27-19(14)26-18-11-15(21(22,23)24)4-7-17(18)20(27)29/h2-7,10-11H,8-9H2,1H3,(H,25,28)/b14-10-. The molecule has 0 spiro atoms. The molecule has 0 bridgehead atoms.